The Labute approximate surface area is 150 Å². The Morgan fingerprint density at radius 1 is 1.20 bits per heavy atom. The Kier molecular flexibility index (Phi) is 6.82. The Balaban J connectivity index is 2.20. The SMILES string of the molecule is CCOc1cc(C(=O)N[C@H](CC(=O)OC)c2cccs2)ccc1OC. The van der Waals surface area contributed by atoms with Crippen molar-refractivity contribution in [1.82, 2.24) is 5.32 Å². The van der Waals surface area contributed by atoms with Crippen molar-refractivity contribution in [3.05, 3.63) is 46.2 Å². The van der Waals surface area contributed by atoms with E-state index in [2.05, 4.69) is 5.32 Å². The molecule has 1 aromatic carbocycles. The molecule has 25 heavy (non-hydrogen) atoms. The highest BCUT2D eigenvalue weighted by atomic mass is 32.1. The van der Waals surface area contributed by atoms with E-state index in [1.165, 1.54) is 18.4 Å². The maximum Gasteiger partial charge on any atom is 0.307 e. The number of thiophene rings is 1. The second-order valence-electron chi connectivity index (χ2n) is 5.12. The molecule has 0 radical (unpaired) electrons. The number of carbonyl (C=O) groups is 2. The molecule has 6 nitrogen and oxygen atoms in total. The van der Waals surface area contributed by atoms with Gasteiger partial charge in [0.05, 0.1) is 33.3 Å². The Hall–Kier alpha value is -2.54. The maximum absolute atomic E-state index is 12.6. The molecule has 0 saturated carbocycles. The van der Waals surface area contributed by atoms with Gasteiger partial charge < -0.3 is 19.5 Å². The topological polar surface area (TPSA) is 73.9 Å². The number of benzene rings is 1. The summed E-state index contributed by atoms with van der Waals surface area (Å²) < 4.78 is 15.4. The van der Waals surface area contributed by atoms with Gasteiger partial charge in [0, 0.05) is 10.4 Å². The minimum Gasteiger partial charge on any atom is -0.493 e. The summed E-state index contributed by atoms with van der Waals surface area (Å²) in [6.45, 7) is 2.32. The molecule has 134 valence electrons. The summed E-state index contributed by atoms with van der Waals surface area (Å²) in [7, 11) is 2.87. The van der Waals surface area contributed by atoms with Gasteiger partial charge in [0.15, 0.2) is 11.5 Å². The average molecular weight is 363 g/mol. The highest BCUT2D eigenvalue weighted by Crippen LogP contribution is 2.29. The molecular formula is C18H21NO5S. The number of hydrogen-bond acceptors (Lipinski definition) is 6. The number of hydrogen-bond donors (Lipinski definition) is 1. The molecule has 1 atom stereocenters. The first kappa shape index (κ1) is 18.8. The van der Waals surface area contributed by atoms with E-state index in [1.807, 2.05) is 24.4 Å². The Morgan fingerprint density at radius 3 is 2.60 bits per heavy atom. The fourth-order valence-corrected chi connectivity index (χ4v) is 3.07. The highest BCUT2D eigenvalue weighted by Gasteiger charge is 2.21. The Morgan fingerprint density at radius 2 is 2.00 bits per heavy atom. The molecule has 2 rings (SSSR count). The van der Waals surface area contributed by atoms with Crippen molar-refractivity contribution in [2.24, 2.45) is 0 Å². The molecule has 2 aromatic rings. The van der Waals surface area contributed by atoms with E-state index in [-0.39, 0.29) is 18.3 Å². The molecule has 7 heteroatoms. The van der Waals surface area contributed by atoms with Crippen LogP contribution >= 0.6 is 11.3 Å². The van der Waals surface area contributed by atoms with Crippen molar-refractivity contribution in [3.63, 3.8) is 0 Å². The third-order valence-electron chi connectivity index (χ3n) is 3.52. The first-order valence-corrected chi connectivity index (χ1v) is 8.68. The van der Waals surface area contributed by atoms with E-state index in [1.54, 1.807) is 25.3 Å². The minimum atomic E-state index is -0.447. The number of esters is 1. The van der Waals surface area contributed by atoms with E-state index in [9.17, 15) is 9.59 Å². The van der Waals surface area contributed by atoms with Crippen LogP contribution in [-0.2, 0) is 9.53 Å². The zero-order valence-electron chi connectivity index (χ0n) is 14.4. The van der Waals surface area contributed by atoms with Gasteiger partial charge in [-0.2, -0.15) is 0 Å². The fourth-order valence-electron chi connectivity index (χ4n) is 2.29. The lowest BCUT2D eigenvalue weighted by Gasteiger charge is -2.17. The monoisotopic (exact) mass is 363 g/mol. The zero-order chi connectivity index (χ0) is 18.2. The van der Waals surface area contributed by atoms with Crippen LogP contribution in [-0.4, -0.2) is 32.7 Å². The van der Waals surface area contributed by atoms with Crippen molar-refractivity contribution in [2.45, 2.75) is 19.4 Å². The van der Waals surface area contributed by atoms with Gasteiger partial charge in [-0.05, 0) is 36.6 Å². The summed E-state index contributed by atoms with van der Waals surface area (Å²) in [4.78, 5) is 25.2. The number of rotatable bonds is 8. The lowest BCUT2D eigenvalue weighted by Crippen LogP contribution is -2.30. The number of ether oxygens (including phenoxy) is 3. The van der Waals surface area contributed by atoms with Gasteiger partial charge in [-0.3, -0.25) is 9.59 Å². The number of carbonyl (C=O) groups excluding carboxylic acids is 2. The lowest BCUT2D eigenvalue weighted by atomic mass is 10.1. The quantitative estimate of drug-likeness (QED) is 0.729. The van der Waals surface area contributed by atoms with E-state index in [4.69, 9.17) is 14.2 Å². The van der Waals surface area contributed by atoms with Crippen LogP contribution in [0.15, 0.2) is 35.7 Å². The van der Waals surface area contributed by atoms with Gasteiger partial charge in [-0.25, -0.2) is 0 Å². The van der Waals surface area contributed by atoms with Crippen molar-refractivity contribution in [2.75, 3.05) is 20.8 Å². The van der Waals surface area contributed by atoms with Crippen LogP contribution in [0.5, 0.6) is 11.5 Å². The van der Waals surface area contributed by atoms with Gasteiger partial charge in [0.25, 0.3) is 5.91 Å². The summed E-state index contributed by atoms with van der Waals surface area (Å²) in [5, 5.41) is 4.78. The van der Waals surface area contributed by atoms with Crippen LogP contribution in [0, 0.1) is 0 Å². The molecule has 0 saturated heterocycles. The van der Waals surface area contributed by atoms with Crippen LogP contribution in [0.1, 0.15) is 34.6 Å². The molecular weight excluding hydrogens is 342 g/mol. The first-order valence-electron chi connectivity index (χ1n) is 7.81. The molecule has 0 unspecified atom stereocenters. The van der Waals surface area contributed by atoms with Gasteiger partial charge in [-0.15, -0.1) is 11.3 Å². The summed E-state index contributed by atoms with van der Waals surface area (Å²) in [5.74, 6) is 0.371. The fraction of sp³-hybridized carbons (Fsp3) is 0.333. The number of nitrogens with one attached hydrogen (secondary N) is 1. The van der Waals surface area contributed by atoms with Gasteiger partial charge >= 0.3 is 5.97 Å². The highest BCUT2D eigenvalue weighted by molar-refractivity contribution is 7.10. The standard InChI is InChI=1S/C18H21NO5S/c1-4-24-15-10-12(7-8-14(15)22-2)18(21)19-13(11-17(20)23-3)16-6-5-9-25-16/h5-10,13H,4,11H2,1-3H3,(H,19,21)/t13-/m1/s1. The van der Waals surface area contributed by atoms with Gasteiger partial charge in [-0.1, -0.05) is 6.07 Å². The van der Waals surface area contributed by atoms with Crippen LogP contribution < -0.4 is 14.8 Å². The Bertz CT molecular complexity index is 714. The molecule has 1 heterocycles. The first-order chi connectivity index (χ1) is 12.1. The largest absolute Gasteiger partial charge is 0.493 e. The molecule has 0 fully saturated rings. The minimum absolute atomic E-state index is 0.0667. The molecule has 1 amide bonds. The molecule has 1 N–H and O–H groups in total. The molecule has 1 aromatic heterocycles. The van der Waals surface area contributed by atoms with E-state index < -0.39 is 6.04 Å². The number of methoxy groups -OCH3 is 2. The second-order valence-corrected chi connectivity index (χ2v) is 6.10. The lowest BCUT2D eigenvalue weighted by molar-refractivity contribution is -0.141. The smallest absolute Gasteiger partial charge is 0.307 e. The van der Waals surface area contributed by atoms with E-state index in [0.29, 0.717) is 23.7 Å². The summed E-state index contributed by atoms with van der Waals surface area (Å²) in [6.07, 6.45) is 0.0667. The van der Waals surface area contributed by atoms with E-state index in [0.717, 1.165) is 4.88 Å². The molecule has 0 aliphatic carbocycles. The zero-order valence-corrected chi connectivity index (χ0v) is 15.2. The molecule has 0 aliphatic heterocycles. The second kappa shape index (κ2) is 9.08. The number of amides is 1. The van der Waals surface area contributed by atoms with Gasteiger partial charge in [0.1, 0.15) is 0 Å². The average Bonchev–Trinajstić information content (AvgIpc) is 3.15. The van der Waals surface area contributed by atoms with Crippen molar-refractivity contribution in [1.29, 1.82) is 0 Å². The van der Waals surface area contributed by atoms with E-state index >= 15 is 0 Å². The summed E-state index contributed by atoms with van der Waals surface area (Å²) in [5.41, 5.74) is 0.427. The normalized spacial score (nSPS) is 11.5. The predicted molar refractivity (Wildman–Crippen MR) is 95.3 cm³/mol. The van der Waals surface area contributed by atoms with Crippen LogP contribution in [0.3, 0.4) is 0 Å². The third kappa shape index (κ3) is 4.96. The molecule has 0 spiro atoms. The van der Waals surface area contributed by atoms with Crippen molar-refractivity contribution in [3.8, 4) is 11.5 Å². The summed E-state index contributed by atoms with van der Waals surface area (Å²) >= 11 is 1.47. The van der Waals surface area contributed by atoms with Crippen LogP contribution in [0.2, 0.25) is 0 Å². The van der Waals surface area contributed by atoms with Crippen molar-refractivity contribution >= 4 is 23.2 Å². The maximum atomic E-state index is 12.6. The van der Waals surface area contributed by atoms with Crippen molar-refractivity contribution < 1.29 is 23.8 Å². The molecule has 0 bridgehead atoms. The van der Waals surface area contributed by atoms with Crippen LogP contribution in [0.25, 0.3) is 0 Å². The molecule has 0 aliphatic rings. The van der Waals surface area contributed by atoms with Crippen LogP contribution in [0.4, 0.5) is 0 Å². The van der Waals surface area contributed by atoms with Gasteiger partial charge in [0.2, 0.25) is 0 Å². The predicted octanol–water partition coefficient (Wildman–Crippen LogP) is 3.19. The summed E-state index contributed by atoms with van der Waals surface area (Å²) in [6, 6.07) is 8.26. The third-order valence-corrected chi connectivity index (χ3v) is 4.50.